The number of hydrogen-bond donors (Lipinski definition) is 2. The van der Waals surface area contributed by atoms with Crippen LogP contribution in [0.1, 0.15) is 42.3 Å². The van der Waals surface area contributed by atoms with Crippen molar-refractivity contribution in [1.29, 1.82) is 0 Å². The lowest BCUT2D eigenvalue weighted by molar-refractivity contribution is -0.120. The molecule has 6 nitrogen and oxygen atoms in total. The molecule has 1 fully saturated rings. The van der Waals surface area contributed by atoms with Crippen LogP contribution in [0.4, 0.5) is 11.4 Å². The summed E-state index contributed by atoms with van der Waals surface area (Å²) < 4.78 is 0.561. The van der Waals surface area contributed by atoms with Crippen LogP contribution in [0.25, 0.3) is 0 Å². The molecule has 1 heterocycles. The second kappa shape index (κ2) is 9.41. The fourth-order valence-electron chi connectivity index (χ4n) is 3.51. The maximum Gasteiger partial charge on any atom is 0.261 e. The van der Waals surface area contributed by atoms with E-state index in [0.29, 0.717) is 21.3 Å². The minimum absolute atomic E-state index is 0.0263. The lowest BCUT2D eigenvalue weighted by Crippen LogP contribution is -2.41. The molecule has 0 radical (unpaired) electrons. The molecule has 3 rings (SSSR count). The second-order valence-electron chi connectivity index (χ2n) is 7.06. The average molecular weight is 434 g/mol. The monoisotopic (exact) mass is 433 g/mol. The van der Waals surface area contributed by atoms with E-state index in [1.807, 2.05) is 6.92 Å². The molecule has 3 amide bonds. The van der Waals surface area contributed by atoms with Crippen molar-refractivity contribution < 1.29 is 14.4 Å². The number of rotatable bonds is 6. The predicted molar refractivity (Wildman–Crippen MR) is 117 cm³/mol. The van der Waals surface area contributed by atoms with E-state index in [9.17, 15) is 14.4 Å². The number of carbonyl (C=O) groups excluding carboxylic acids is 3. The van der Waals surface area contributed by atoms with Crippen molar-refractivity contribution in [1.82, 2.24) is 5.32 Å². The van der Waals surface area contributed by atoms with Gasteiger partial charge in [0, 0.05) is 30.9 Å². The zero-order chi connectivity index (χ0) is 21.0. The van der Waals surface area contributed by atoms with Gasteiger partial charge in [-0.1, -0.05) is 24.9 Å². The SMILES string of the molecule is CCC(=O)N(C)c1ccc(NC(=O)C2CCCC2NC(=O)c2ccc(Cl)s2)cc1. The summed E-state index contributed by atoms with van der Waals surface area (Å²) in [6, 6.07) is 10.3. The van der Waals surface area contributed by atoms with Gasteiger partial charge < -0.3 is 15.5 Å². The van der Waals surface area contributed by atoms with Crippen LogP contribution in [-0.2, 0) is 9.59 Å². The van der Waals surface area contributed by atoms with Gasteiger partial charge in [0.15, 0.2) is 0 Å². The second-order valence-corrected chi connectivity index (χ2v) is 8.78. The van der Waals surface area contributed by atoms with E-state index < -0.39 is 0 Å². The molecule has 8 heteroatoms. The molecule has 2 aromatic rings. The minimum Gasteiger partial charge on any atom is -0.348 e. The van der Waals surface area contributed by atoms with Gasteiger partial charge in [0.1, 0.15) is 0 Å². The topological polar surface area (TPSA) is 78.5 Å². The Balaban J connectivity index is 1.60. The Morgan fingerprint density at radius 3 is 2.48 bits per heavy atom. The smallest absolute Gasteiger partial charge is 0.261 e. The summed E-state index contributed by atoms with van der Waals surface area (Å²) in [6.45, 7) is 1.82. The number of benzene rings is 1. The van der Waals surface area contributed by atoms with E-state index in [2.05, 4.69) is 10.6 Å². The molecule has 0 bridgehead atoms. The van der Waals surface area contributed by atoms with Gasteiger partial charge in [-0.3, -0.25) is 14.4 Å². The number of thiophene rings is 1. The number of anilines is 2. The highest BCUT2D eigenvalue weighted by Crippen LogP contribution is 2.29. The van der Waals surface area contributed by atoms with Gasteiger partial charge in [-0.25, -0.2) is 0 Å². The molecular formula is C21H24ClN3O3S. The van der Waals surface area contributed by atoms with Crippen LogP contribution in [0.3, 0.4) is 0 Å². The Morgan fingerprint density at radius 2 is 1.86 bits per heavy atom. The maximum atomic E-state index is 12.8. The zero-order valence-electron chi connectivity index (χ0n) is 16.4. The van der Waals surface area contributed by atoms with E-state index in [1.54, 1.807) is 48.3 Å². The molecule has 1 aliphatic carbocycles. The molecule has 29 heavy (non-hydrogen) atoms. The highest BCUT2D eigenvalue weighted by molar-refractivity contribution is 7.18. The summed E-state index contributed by atoms with van der Waals surface area (Å²) in [7, 11) is 1.73. The largest absolute Gasteiger partial charge is 0.348 e. The van der Waals surface area contributed by atoms with Crippen molar-refractivity contribution in [2.75, 3.05) is 17.3 Å². The molecule has 0 saturated heterocycles. The number of nitrogens with zero attached hydrogens (tertiary/aromatic N) is 1. The highest BCUT2D eigenvalue weighted by atomic mass is 35.5. The van der Waals surface area contributed by atoms with Crippen LogP contribution in [0.15, 0.2) is 36.4 Å². The van der Waals surface area contributed by atoms with Crippen molar-refractivity contribution >= 4 is 52.0 Å². The van der Waals surface area contributed by atoms with E-state index in [4.69, 9.17) is 11.6 Å². The Hall–Kier alpha value is -2.38. The van der Waals surface area contributed by atoms with Gasteiger partial charge in [0.2, 0.25) is 11.8 Å². The van der Waals surface area contributed by atoms with Crippen LogP contribution in [0, 0.1) is 5.92 Å². The summed E-state index contributed by atoms with van der Waals surface area (Å²) in [4.78, 5) is 39.1. The summed E-state index contributed by atoms with van der Waals surface area (Å²) >= 11 is 7.12. The summed E-state index contributed by atoms with van der Waals surface area (Å²) in [6.07, 6.45) is 2.82. The molecule has 2 N–H and O–H groups in total. The van der Waals surface area contributed by atoms with Crippen LogP contribution < -0.4 is 15.5 Å². The highest BCUT2D eigenvalue weighted by Gasteiger charge is 2.34. The Bertz CT molecular complexity index is 897. The summed E-state index contributed by atoms with van der Waals surface area (Å²) in [5, 5.41) is 5.90. The Morgan fingerprint density at radius 1 is 1.14 bits per heavy atom. The lowest BCUT2D eigenvalue weighted by Gasteiger charge is -2.21. The summed E-state index contributed by atoms with van der Waals surface area (Å²) in [5.41, 5.74) is 1.44. The zero-order valence-corrected chi connectivity index (χ0v) is 18.0. The van der Waals surface area contributed by atoms with Gasteiger partial charge in [-0.15, -0.1) is 11.3 Å². The van der Waals surface area contributed by atoms with E-state index in [0.717, 1.165) is 24.9 Å². The van der Waals surface area contributed by atoms with Gasteiger partial charge in [0.05, 0.1) is 15.1 Å². The van der Waals surface area contributed by atoms with Gasteiger partial charge in [-0.2, -0.15) is 0 Å². The van der Waals surface area contributed by atoms with Crippen LogP contribution >= 0.6 is 22.9 Å². The molecule has 2 unspecified atom stereocenters. The fourth-order valence-corrected chi connectivity index (χ4v) is 4.45. The van der Waals surface area contributed by atoms with Crippen LogP contribution in [0.5, 0.6) is 0 Å². The fraction of sp³-hybridized carbons (Fsp3) is 0.381. The normalized spacial score (nSPS) is 18.3. The quantitative estimate of drug-likeness (QED) is 0.712. The van der Waals surface area contributed by atoms with Gasteiger partial charge in [0.25, 0.3) is 5.91 Å². The average Bonchev–Trinajstić information content (AvgIpc) is 3.36. The molecule has 1 aromatic carbocycles. The third kappa shape index (κ3) is 5.16. The van der Waals surface area contributed by atoms with E-state index in [-0.39, 0.29) is 29.7 Å². The van der Waals surface area contributed by atoms with Crippen molar-refractivity contribution in [3.63, 3.8) is 0 Å². The number of halogens is 1. The Kier molecular flexibility index (Phi) is 6.92. The predicted octanol–water partition coefficient (Wildman–Crippen LogP) is 4.31. The first-order valence-electron chi connectivity index (χ1n) is 9.62. The van der Waals surface area contributed by atoms with Crippen LogP contribution in [-0.4, -0.2) is 30.8 Å². The third-order valence-electron chi connectivity index (χ3n) is 5.16. The lowest BCUT2D eigenvalue weighted by atomic mass is 10.0. The minimum atomic E-state index is -0.279. The molecule has 2 atom stereocenters. The van der Waals surface area contributed by atoms with Gasteiger partial charge in [-0.05, 0) is 49.2 Å². The third-order valence-corrected chi connectivity index (χ3v) is 6.39. The molecule has 1 aromatic heterocycles. The van der Waals surface area contributed by atoms with Crippen molar-refractivity contribution in [3.8, 4) is 0 Å². The van der Waals surface area contributed by atoms with Crippen molar-refractivity contribution in [3.05, 3.63) is 45.6 Å². The first-order valence-corrected chi connectivity index (χ1v) is 10.8. The number of amides is 3. The molecule has 154 valence electrons. The van der Waals surface area contributed by atoms with E-state index in [1.165, 1.54) is 11.3 Å². The first kappa shape index (κ1) is 21.3. The van der Waals surface area contributed by atoms with E-state index >= 15 is 0 Å². The number of carbonyl (C=O) groups is 3. The molecule has 1 saturated carbocycles. The molecular weight excluding hydrogens is 410 g/mol. The first-order chi connectivity index (χ1) is 13.9. The standard InChI is InChI=1S/C21H24ClN3O3S/c1-3-19(26)25(2)14-9-7-13(8-10-14)23-20(27)15-5-4-6-16(15)24-21(28)17-11-12-18(22)29-17/h7-12,15-16H,3-6H2,1-2H3,(H,23,27)(H,24,28). The van der Waals surface area contributed by atoms with Crippen molar-refractivity contribution in [2.45, 2.75) is 38.6 Å². The summed E-state index contributed by atoms with van der Waals surface area (Å²) in [5.74, 6) is -0.556. The molecule has 1 aliphatic rings. The number of hydrogen-bond acceptors (Lipinski definition) is 4. The van der Waals surface area contributed by atoms with Crippen molar-refractivity contribution in [2.24, 2.45) is 5.92 Å². The molecule has 0 aliphatic heterocycles. The number of nitrogens with one attached hydrogen (secondary N) is 2. The maximum absolute atomic E-state index is 12.8. The molecule has 0 spiro atoms. The Labute approximate surface area is 179 Å². The van der Waals surface area contributed by atoms with Crippen LogP contribution in [0.2, 0.25) is 4.34 Å². The van der Waals surface area contributed by atoms with Gasteiger partial charge >= 0.3 is 0 Å².